The Morgan fingerprint density at radius 2 is 1.82 bits per heavy atom. The number of Topliss-reactive ketones (excluding diaryl/α,β-unsaturated/α-hetero) is 1. The topological polar surface area (TPSA) is 97.4 Å². The van der Waals surface area contributed by atoms with Crippen molar-refractivity contribution in [2.45, 2.75) is 56.8 Å². The summed E-state index contributed by atoms with van der Waals surface area (Å²) in [7, 11) is 6.10. The second-order valence-corrected chi connectivity index (χ2v) is 11.4. The number of aryl methyl sites for hydroxylation is 1. The summed E-state index contributed by atoms with van der Waals surface area (Å²) in [6.45, 7) is 5.73. The number of nitrogens with zero attached hydrogens (tertiary/aromatic N) is 7. The van der Waals surface area contributed by atoms with Crippen LogP contribution < -0.4 is 10.2 Å². The van der Waals surface area contributed by atoms with Crippen LogP contribution in [0.1, 0.15) is 48.2 Å². The molecule has 6 rings (SSSR count). The standard InChI is InChI=1S/C27H40N8O3/c1-31-10-6-19(7-11-31)32(2)26(37)21-16-34-12-13-35(17-23(34)33(21)3)27-29-20-4-5-22(36)24(20)25(30-27)28-18-8-14-38-15-9-18/h16,18-19,23H,4-15,17H2,1-3H3,(H,28,29,30). The molecule has 1 aromatic rings. The molecular formula is C27H40N8O3. The van der Waals surface area contributed by atoms with E-state index < -0.39 is 0 Å². The maximum Gasteiger partial charge on any atom is 0.271 e. The number of hydrogen-bond donors (Lipinski definition) is 1. The van der Waals surface area contributed by atoms with Crippen LogP contribution in [0.15, 0.2) is 11.9 Å². The number of piperidine rings is 1. The third-order valence-electron chi connectivity index (χ3n) is 8.97. The van der Waals surface area contributed by atoms with Gasteiger partial charge in [-0.05, 0) is 52.2 Å². The third kappa shape index (κ3) is 4.70. The Morgan fingerprint density at radius 3 is 2.58 bits per heavy atom. The van der Waals surface area contributed by atoms with Crippen LogP contribution in [0.25, 0.3) is 0 Å². The molecule has 1 amide bonds. The molecular weight excluding hydrogens is 484 g/mol. The number of ether oxygens (including phenoxy) is 1. The van der Waals surface area contributed by atoms with Crippen molar-refractivity contribution in [2.75, 3.05) is 77.3 Å². The zero-order chi connectivity index (χ0) is 26.4. The quantitative estimate of drug-likeness (QED) is 0.601. The molecule has 4 aliphatic heterocycles. The average molecular weight is 525 g/mol. The lowest BCUT2D eigenvalue weighted by Gasteiger charge is -2.41. The number of fused-ring (bicyclic) bond motifs is 2. The van der Waals surface area contributed by atoms with Crippen LogP contribution in [0.2, 0.25) is 0 Å². The number of amides is 1. The maximum absolute atomic E-state index is 13.5. The van der Waals surface area contributed by atoms with Crippen LogP contribution in [-0.4, -0.2) is 127 Å². The number of piperazine rings is 1. The third-order valence-corrected chi connectivity index (χ3v) is 8.97. The molecule has 11 nitrogen and oxygen atoms in total. The second-order valence-electron chi connectivity index (χ2n) is 11.4. The number of anilines is 2. The van der Waals surface area contributed by atoms with Crippen molar-refractivity contribution in [3.8, 4) is 0 Å². The van der Waals surface area contributed by atoms with E-state index in [0.717, 1.165) is 76.5 Å². The highest BCUT2D eigenvalue weighted by Crippen LogP contribution is 2.32. The number of carbonyl (C=O) groups excluding carboxylic acids is 2. The zero-order valence-electron chi connectivity index (χ0n) is 22.9. The SMILES string of the molecule is CN1CCC(N(C)C(=O)C2=CN3CCN(c4nc5c(c(NC6CCOCC6)n4)C(=O)CC5)CC3N2C)CC1. The molecule has 3 saturated heterocycles. The van der Waals surface area contributed by atoms with Crippen LogP contribution in [0.4, 0.5) is 11.8 Å². The molecule has 5 heterocycles. The number of hydrogen-bond acceptors (Lipinski definition) is 10. The normalized spacial score (nSPS) is 24.9. The second kappa shape index (κ2) is 10.3. The van der Waals surface area contributed by atoms with Gasteiger partial charge in [0.25, 0.3) is 5.91 Å². The first-order chi connectivity index (χ1) is 18.4. The van der Waals surface area contributed by atoms with E-state index in [2.05, 4.69) is 32.0 Å². The number of likely N-dealkylation sites (N-methyl/N-ethyl adjacent to an activating group) is 2. The van der Waals surface area contributed by atoms with Gasteiger partial charge in [-0.1, -0.05) is 0 Å². The Kier molecular flexibility index (Phi) is 6.90. The molecule has 1 unspecified atom stereocenters. The molecule has 1 aliphatic carbocycles. The van der Waals surface area contributed by atoms with Gasteiger partial charge in [-0.2, -0.15) is 4.98 Å². The summed E-state index contributed by atoms with van der Waals surface area (Å²) in [5, 5.41) is 3.55. The van der Waals surface area contributed by atoms with E-state index in [0.29, 0.717) is 36.7 Å². The highest BCUT2D eigenvalue weighted by atomic mass is 16.5. The number of carbonyl (C=O) groups is 2. The Hall–Kier alpha value is -2.92. The average Bonchev–Trinajstić information content (AvgIpc) is 3.48. The van der Waals surface area contributed by atoms with Gasteiger partial charge in [0.15, 0.2) is 5.78 Å². The first kappa shape index (κ1) is 25.4. The van der Waals surface area contributed by atoms with E-state index in [9.17, 15) is 9.59 Å². The molecule has 11 heteroatoms. The van der Waals surface area contributed by atoms with Gasteiger partial charge in [-0.3, -0.25) is 9.59 Å². The minimum atomic E-state index is 0.0407. The fourth-order valence-electron chi connectivity index (χ4n) is 6.41. The number of nitrogens with one attached hydrogen (secondary N) is 1. The number of ketones is 1. The van der Waals surface area contributed by atoms with Crippen LogP contribution >= 0.6 is 0 Å². The highest BCUT2D eigenvalue weighted by Gasteiger charge is 2.40. The predicted molar refractivity (Wildman–Crippen MR) is 144 cm³/mol. The van der Waals surface area contributed by atoms with Gasteiger partial charge < -0.3 is 34.6 Å². The predicted octanol–water partition coefficient (Wildman–Crippen LogP) is 0.984. The summed E-state index contributed by atoms with van der Waals surface area (Å²) in [5.74, 6) is 1.57. The molecule has 5 aliphatic rings. The van der Waals surface area contributed by atoms with Gasteiger partial charge in [0.2, 0.25) is 5.95 Å². The van der Waals surface area contributed by atoms with Crippen LogP contribution in [0, 0.1) is 0 Å². The van der Waals surface area contributed by atoms with Crippen molar-refractivity contribution in [3.63, 3.8) is 0 Å². The fraction of sp³-hybridized carbons (Fsp3) is 0.704. The van der Waals surface area contributed by atoms with Crippen LogP contribution in [-0.2, 0) is 16.0 Å². The molecule has 0 bridgehead atoms. The molecule has 0 radical (unpaired) electrons. The van der Waals surface area contributed by atoms with E-state index in [-0.39, 0.29) is 29.9 Å². The number of likely N-dealkylation sites (tertiary alicyclic amines) is 1. The van der Waals surface area contributed by atoms with Crippen molar-refractivity contribution >= 4 is 23.5 Å². The smallest absolute Gasteiger partial charge is 0.271 e. The summed E-state index contributed by atoms with van der Waals surface area (Å²) in [4.78, 5) is 46.8. The van der Waals surface area contributed by atoms with Gasteiger partial charge >= 0.3 is 0 Å². The molecule has 1 aromatic heterocycles. The summed E-state index contributed by atoms with van der Waals surface area (Å²) in [5.41, 5.74) is 2.27. The molecule has 0 saturated carbocycles. The molecule has 206 valence electrons. The van der Waals surface area contributed by atoms with Gasteiger partial charge in [-0.25, -0.2) is 4.98 Å². The number of rotatable bonds is 5. The molecule has 1 atom stereocenters. The van der Waals surface area contributed by atoms with E-state index in [1.165, 1.54) is 0 Å². The fourth-order valence-corrected chi connectivity index (χ4v) is 6.41. The van der Waals surface area contributed by atoms with Crippen molar-refractivity contribution in [2.24, 2.45) is 0 Å². The zero-order valence-corrected chi connectivity index (χ0v) is 22.9. The summed E-state index contributed by atoms with van der Waals surface area (Å²) >= 11 is 0. The Balaban J connectivity index is 1.17. The highest BCUT2D eigenvalue weighted by molar-refractivity contribution is 6.04. The van der Waals surface area contributed by atoms with Crippen LogP contribution in [0.3, 0.4) is 0 Å². The van der Waals surface area contributed by atoms with Gasteiger partial charge in [0.05, 0.1) is 17.8 Å². The lowest BCUT2D eigenvalue weighted by Crippen LogP contribution is -2.55. The van der Waals surface area contributed by atoms with E-state index in [4.69, 9.17) is 14.7 Å². The van der Waals surface area contributed by atoms with E-state index in [1.54, 1.807) is 0 Å². The number of aromatic nitrogens is 2. The summed E-state index contributed by atoms with van der Waals surface area (Å²) in [6.07, 6.45) is 7.08. The Morgan fingerprint density at radius 1 is 1.05 bits per heavy atom. The first-order valence-corrected chi connectivity index (χ1v) is 14.1. The largest absolute Gasteiger partial charge is 0.381 e. The first-order valence-electron chi connectivity index (χ1n) is 14.1. The van der Waals surface area contributed by atoms with Crippen molar-refractivity contribution in [1.29, 1.82) is 0 Å². The van der Waals surface area contributed by atoms with Gasteiger partial charge in [-0.15, -0.1) is 0 Å². The minimum absolute atomic E-state index is 0.0407. The van der Waals surface area contributed by atoms with Crippen molar-refractivity contribution < 1.29 is 14.3 Å². The van der Waals surface area contributed by atoms with E-state index >= 15 is 0 Å². The Labute approximate surface area is 224 Å². The van der Waals surface area contributed by atoms with Gasteiger partial charge in [0, 0.05) is 65.1 Å². The lowest BCUT2D eigenvalue weighted by molar-refractivity contribution is -0.130. The van der Waals surface area contributed by atoms with Crippen molar-refractivity contribution in [1.82, 2.24) is 29.6 Å². The lowest BCUT2D eigenvalue weighted by atomic mass is 10.0. The summed E-state index contributed by atoms with van der Waals surface area (Å²) in [6, 6.07) is 0.535. The molecule has 38 heavy (non-hydrogen) atoms. The monoisotopic (exact) mass is 524 g/mol. The Bertz CT molecular complexity index is 1110. The molecule has 1 N–H and O–H groups in total. The van der Waals surface area contributed by atoms with Crippen LogP contribution in [0.5, 0.6) is 0 Å². The van der Waals surface area contributed by atoms with Crippen molar-refractivity contribution in [3.05, 3.63) is 23.2 Å². The van der Waals surface area contributed by atoms with E-state index in [1.807, 2.05) is 25.2 Å². The molecule has 0 spiro atoms. The minimum Gasteiger partial charge on any atom is -0.381 e. The van der Waals surface area contributed by atoms with Gasteiger partial charge in [0.1, 0.15) is 17.7 Å². The summed E-state index contributed by atoms with van der Waals surface area (Å²) < 4.78 is 5.51. The maximum atomic E-state index is 13.5. The molecule has 0 aromatic carbocycles. The molecule has 3 fully saturated rings.